The molecule has 0 saturated heterocycles. The van der Waals surface area contributed by atoms with Crippen molar-refractivity contribution in [2.24, 2.45) is 0 Å². The zero-order chi connectivity index (χ0) is 48.8. The van der Waals surface area contributed by atoms with Crippen molar-refractivity contribution in [3.8, 4) is 0 Å². The summed E-state index contributed by atoms with van der Waals surface area (Å²) in [6, 6.07) is -0.726. The molecule has 0 rings (SSSR count). The Balaban J connectivity index is 4.62. The van der Waals surface area contributed by atoms with E-state index in [9.17, 15) is 19.8 Å². The minimum absolute atomic E-state index is 0.0366. The number of esters is 1. The molecule has 0 aliphatic rings. The number of rotatable bonds is 49. The highest BCUT2D eigenvalue weighted by Crippen LogP contribution is 2.18. The first-order valence-corrected chi connectivity index (χ1v) is 28.1. The van der Waals surface area contributed by atoms with Crippen LogP contribution in [0.5, 0.6) is 0 Å². The number of carbonyl (C=O) groups is 2. The molecule has 6 heteroatoms. The van der Waals surface area contributed by atoms with E-state index < -0.39 is 18.2 Å². The van der Waals surface area contributed by atoms with Gasteiger partial charge in [0.2, 0.25) is 5.91 Å². The average molecular weight is 933 g/mol. The van der Waals surface area contributed by atoms with Gasteiger partial charge in [-0.25, -0.2) is 0 Å². The Bertz CT molecular complexity index is 1320. The highest BCUT2D eigenvalue weighted by Gasteiger charge is 2.24. The first-order valence-electron chi connectivity index (χ1n) is 28.1. The van der Waals surface area contributed by atoms with E-state index in [1.54, 1.807) is 0 Å². The Labute approximate surface area is 414 Å². The first kappa shape index (κ1) is 63.8. The Morgan fingerprint density at radius 3 is 1.27 bits per heavy atom. The van der Waals surface area contributed by atoms with Crippen LogP contribution >= 0.6 is 0 Å². The minimum Gasteiger partial charge on any atom is -0.462 e. The summed E-state index contributed by atoms with van der Waals surface area (Å²) < 4.78 is 5.92. The monoisotopic (exact) mass is 932 g/mol. The lowest BCUT2D eigenvalue weighted by molar-refractivity contribution is -0.151. The molecule has 3 unspecified atom stereocenters. The standard InChI is InChI=1S/C61H105NO5/c1-4-7-10-13-16-19-22-25-27-29-31-33-36-39-42-45-48-51-54-61(66)67-57(52-49-46-43-40-37-34-24-21-18-15-12-9-6-3)55-60(65)62-58(56-63)59(64)53-50-47-44-41-38-35-32-30-28-26-23-20-17-14-11-8-5-2/h9,12,15-16,18-19,21-22,24-25,27,29,31,33-34,37,57-59,63-64H,4-8,10-11,13-14,17,20,23,26,28,30,32,35-36,38-56H2,1-3H3,(H,62,65)/b12-9+,18-15+,19-16+,24-21+,25-22+,29-27+,33-31+,37-34-. The van der Waals surface area contributed by atoms with Crippen molar-refractivity contribution in [2.75, 3.05) is 6.61 Å². The molecule has 3 N–H and O–H groups in total. The molecular weight excluding hydrogens is 827 g/mol. The van der Waals surface area contributed by atoms with Crippen molar-refractivity contribution in [3.63, 3.8) is 0 Å². The van der Waals surface area contributed by atoms with Gasteiger partial charge in [0.1, 0.15) is 6.10 Å². The van der Waals surface area contributed by atoms with Crippen molar-refractivity contribution < 1.29 is 24.5 Å². The molecule has 0 heterocycles. The van der Waals surface area contributed by atoms with E-state index >= 15 is 0 Å². The molecule has 0 aromatic carbocycles. The molecule has 67 heavy (non-hydrogen) atoms. The lowest BCUT2D eigenvalue weighted by Gasteiger charge is -2.24. The van der Waals surface area contributed by atoms with Gasteiger partial charge in [-0.2, -0.15) is 0 Å². The lowest BCUT2D eigenvalue weighted by Crippen LogP contribution is -2.46. The van der Waals surface area contributed by atoms with Crippen molar-refractivity contribution in [1.82, 2.24) is 5.32 Å². The van der Waals surface area contributed by atoms with Crippen LogP contribution in [0.3, 0.4) is 0 Å². The zero-order valence-corrected chi connectivity index (χ0v) is 43.8. The van der Waals surface area contributed by atoms with Gasteiger partial charge in [0, 0.05) is 6.42 Å². The van der Waals surface area contributed by atoms with Crippen LogP contribution < -0.4 is 5.32 Å². The summed E-state index contributed by atoms with van der Waals surface area (Å²) in [4.78, 5) is 26.2. The topological polar surface area (TPSA) is 95.9 Å². The summed E-state index contributed by atoms with van der Waals surface area (Å²) in [5, 5.41) is 23.9. The van der Waals surface area contributed by atoms with Crippen LogP contribution in [-0.4, -0.2) is 46.9 Å². The van der Waals surface area contributed by atoms with Crippen molar-refractivity contribution >= 4 is 11.9 Å². The van der Waals surface area contributed by atoms with Crippen molar-refractivity contribution in [3.05, 3.63) is 97.2 Å². The summed E-state index contributed by atoms with van der Waals surface area (Å²) in [6.45, 7) is 6.30. The zero-order valence-electron chi connectivity index (χ0n) is 43.8. The minimum atomic E-state index is -0.809. The van der Waals surface area contributed by atoms with Crippen molar-refractivity contribution in [1.29, 1.82) is 0 Å². The van der Waals surface area contributed by atoms with Gasteiger partial charge in [-0.05, 0) is 70.6 Å². The number of unbranched alkanes of at least 4 members (excludes halogenated alkanes) is 27. The van der Waals surface area contributed by atoms with Crippen LogP contribution in [0.1, 0.15) is 252 Å². The number of amides is 1. The lowest BCUT2D eigenvalue weighted by atomic mass is 10.0. The molecule has 1 amide bonds. The molecule has 0 aliphatic carbocycles. The summed E-state index contributed by atoms with van der Waals surface area (Å²) in [5.41, 5.74) is 0. The average Bonchev–Trinajstić information content (AvgIpc) is 3.32. The Morgan fingerprint density at radius 2 is 0.806 bits per heavy atom. The summed E-state index contributed by atoms with van der Waals surface area (Å²) in [6.07, 6.45) is 71.8. The van der Waals surface area contributed by atoms with Crippen LogP contribution in [0.25, 0.3) is 0 Å². The van der Waals surface area contributed by atoms with Gasteiger partial charge in [-0.1, -0.05) is 266 Å². The van der Waals surface area contributed by atoms with E-state index in [-0.39, 0.29) is 24.9 Å². The van der Waals surface area contributed by atoms with Gasteiger partial charge in [0.05, 0.1) is 25.2 Å². The fourth-order valence-corrected chi connectivity index (χ4v) is 8.10. The van der Waals surface area contributed by atoms with Gasteiger partial charge in [-0.3, -0.25) is 9.59 Å². The molecule has 0 fully saturated rings. The van der Waals surface area contributed by atoms with Crippen LogP contribution in [-0.2, 0) is 14.3 Å². The highest BCUT2D eigenvalue weighted by atomic mass is 16.5. The van der Waals surface area contributed by atoms with Crippen LogP contribution in [0.2, 0.25) is 0 Å². The maximum atomic E-state index is 13.2. The molecule has 384 valence electrons. The van der Waals surface area contributed by atoms with E-state index in [0.717, 1.165) is 96.3 Å². The molecule has 0 saturated carbocycles. The van der Waals surface area contributed by atoms with Crippen molar-refractivity contribution in [2.45, 2.75) is 270 Å². The van der Waals surface area contributed by atoms with E-state index in [2.05, 4.69) is 99.0 Å². The number of hydrogen-bond acceptors (Lipinski definition) is 5. The number of ether oxygens (including phenoxy) is 1. The summed E-state index contributed by atoms with van der Waals surface area (Å²) in [5.74, 6) is -0.543. The van der Waals surface area contributed by atoms with Gasteiger partial charge in [0.15, 0.2) is 0 Å². The molecule has 0 aliphatic heterocycles. The molecule has 3 atom stereocenters. The number of allylic oxidation sites excluding steroid dienone is 16. The fourth-order valence-electron chi connectivity index (χ4n) is 8.10. The summed E-state index contributed by atoms with van der Waals surface area (Å²) >= 11 is 0. The maximum Gasteiger partial charge on any atom is 0.306 e. The molecular formula is C61H105NO5. The van der Waals surface area contributed by atoms with E-state index in [1.165, 1.54) is 109 Å². The molecule has 0 aromatic rings. The van der Waals surface area contributed by atoms with E-state index in [1.807, 2.05) is 24.3 Å². The van der Waals surface area contributed by atoms with Gasteiger partial charge in [-0.15, -0.1) is 0 Å². The van der Waals surface area contributed by atoms with E-state index in [4.69, 9.17) is 4.74 Å². The predicted molar refractivity (Wildman–Crippen MR) is 291 cm³/mol. The normalized spacial score (nSPS) is 13.9. The third-order valence-corrected chi connectivity index (χ3v) is 12.3. The highest BCUT2D eigenvalue weighted by molar-refractivity contribution is 5.77. The SMILES string of the molecule is CC/C=C/C=C/C=C/C=C\CCCCCC(CC(=O)NC(CO)C(O)CCCCCCCCCCCCCCCCCCC)OC(=O)CCCCCCC/C=C/C=C/C=C/C=C/CCCCC. The number of hydrogen-bond donors (Lipinski definition) is 3. The second-order valence-electron chi connectivity index (χ2n) is 18.8. The fraction of sp³-hybridized carbons (Fsp3) is 0.705. The Kier molecular flexibility index (Phi) is 51.1. The number of aliphatic hydroxyl groups is 2. The Hall–Kier alpha value is -3.22. The third kappa shape index (κ3) is 49.0. The largest absolute Gasteiger partial charge is 0.462 e. The van der Waals surface area contributed by atoms with Gasteiger partial charge >= 0.3 is 5.97 Å². The van der Waals surface area contributed by atoms with Gasteiger partial charge < -0.3 is 20.3 Å². The first-order chi connectivity index (χ1) is 33.0. The van der Waals surface area contributed by atoms with Crippen LogP contribution in [0, 0.1) is 0 Å². The third-order valence-electron chi connectivity index (χ3n) is 12.3. The molecule has 6 nitrogen and oxygen atoms in total. The molecule has 0 aromatic heterocycles. The molecule has 0 radical (unpaired) electrons. The number of nitrogens with one attached hydrogen (secondary N) is 1. The predicted octanol–water partition coefficient (Wildman–Crippen LogP) is 17.3. The van der Waals surface area contributed by atoms with Crippen LogP contribution in [0.15, 0.2) is 97.2 Å². The second-order valence-corrected chi connectivity index (χ2v) is 18.8. The van der Waals surface area contributed by atoms with Crippen LogP contribution in [0.4, 0.5) is 0 Å². The summed E-state index contributed by atoms with van der Waals surface area (Å²) in [7, 11) is 0. The molecule has 0 bridgehead atoms. The number of carbonyl (C=O) groups excluding carboxylic acids is 2. The Morgan fingerprint density at radius 1 is 0.448 bits per heavy atom. The smallest absolute Gasteiger partial charge is 0.306 e. The van der Waals surface area contributed by atoms with E-state index in [0.29, 0.717) is 19.3 Å². The second kappa shape index (κ2) is 53.7. The quantitative estimate of drug-likeness (QED) is 0.0321. The van der Waals surface area contributed by atoms with Gasteiger partial charge in [0.25, 0.3) is 0 Å². The molecule has 0 spiro atoms. The number of aliphatic hydroxyl groups excluding tert-OH is 2. The maximum absolute atomic E-state index is 13.2.